The van der Waals surface area contributed by atoms with E-state index in [1.165, 1.54) is 0 Å². The van der Waals surface area contributed by atoms with E-state index in [9.17, 15) is 10.1 Å². The van der Waals surface area contributed by atoms with Gasteiger partial charge in [-0.1, -0.05) is 6.07 Å². The van der Waals surface area contributed by atoms with E-state index in [4.69, 9.17) is 9.73 Å². The van der Waals surface area contributed by atoms with E-state index in [0.717, 1.165) is 22.4 Å². The number of H-pyrrole nitrogens is 1. The van der Waals surface area contributed by atoms with Gasteiger partial charge in [0.15, 0.2) is 6.19 Å². The zero-order chi connectivity index (χ0) is 25.1. The summed E-state index contributed by atoms with van der Waals surface area (Å²) in [6, 6.07) is 7.27. The molecule has 2 saturated heterocycles. The van der Waals surface area contributed by atoms with Crippen LogP contribution >= 0.6 is 0 Å². The summed E-state index contributed by atoms with van der Waals surface area (Å²) in [5.41, 5.74) is 3.12. The number of hydrogen-bond acceptors (Lipinski definition) is 7. The molecule has 3 aromatic rings. The molecule has 36 heavy (non-hydrogen) atoms. The van der Waals surface area contributed by atoms with Crippen LogP contribution in [0.5, 0.6) is 0 Å². The Bertz CT molecular complexity index is 1320. The number of morpholine rings is 1. The molecule has 11 nitrogen and oxygen atoms in total. The summed E-state index contributed by atoms with van der Waals surface area (Å²) in [5, 5.41) is 13.2. The number of carbonyl (C=O) groups is 1. The first-order valence-corrected chi connectivity index (χ1v) is 12.1. The Hall–Kier alpha value is -4.17. The van der Waals surface area contributed by atoms with Gasteiger partial charge in [0.2, 0.25) is 5.96 Å². The van der Waals surface area contributed by atoms with Crippen molar-refractivity contribution in [3.63, 3.8) is 0 Å². The molecule has 11 heteroatoms. The topological polar surface area (TPSA) is 126 Å². The van der Waals surface area contributed by atoms with Crippen LogP contribution in [0.4, 0.5) is 11.5 Å². The van der Waals surface area contributed by atoms with E-state index in [1.54, 1.807) is 23.4 Å². The Morgan fingerprint density at radius 2 is 2.08 bits per heavy atom. The number of guanidine groups is 1. The number of hydrogen-bond donors (Lipinski definition) is 2. The Labute approximate surface area is 209 Å². The normalized spacial score (nSPS) is 18.9. The summed E-state index contributed by atoms with van der Waals surface area (Å²) in [6.45, 7) is 8.47. The molecule has 0 spiro atoms. The van der Waals surface area contributed by atoms with Crippen LogP contribution in [-0.2, 0) is 4.74 Å². The fourth-order valence-corrected chi connectivity index (χ4v) is 4.80. The van der Waals surface area contributed by atoms with Gasteiger partial charge < -0.3 is 24.4 Å². The lowest BCUT2D eigenvalue weighted by molar-refractivity contribution is 0.0303. The average Bonchev–Trinajstić information content (AvgIpc) is 3.29. The van der Waals surface area contributed by atoms with Crippen molar-refractivity contribution >= 4 is 34.4 Å². The summed E-state index contributed by atoms with van der Waals surface area (Å²) in [7, 11) is 0. The van der Waals surface area contributed by atoms with Crippen molar-refractivity contribution in [3.8, 4) is 6.19 Å². The first-order valence-electron chi connectivity index (χ1n) is 12.1. The van der Waals surface area contributed by atoms with Crippen molar-refractivity contribution in [2.24, 2.45) is 4.99 Å². The maximum Gasteiger partial charge on any atom is 0.254 e. The molecule has 2 fully saturated rings. The van der Waals surface area contributed by atoms with Gasteiger partial charge in [-0.3, -0.25) is 10.1 Å². The Morgan fingerprint density at radius 3 is 2.86 bits per heavy atom. The predicted molar refractivity (Wildman–Crippen MR) is 136 cm³/mol. The minimum Gasteiger partial charge on any atom is -0.378 e. The number of carbonyl (C=O) groups excluding carboxylic acids is 1. The largest absolute Gasteiger partial charge is 0.378 e. The van der Waals surface area contributed by atoms with Gasteiger partial charge in [-0.05, 0) is 37.6 Å². The van der Waals surface area contributed by atoms with Gasteiger partial charge >= 0.3 is 0 Å². The summed E-state index contributed by atoms with van der Waals surface area (Å²) < 4.78 is 5.35. The summed E-state index contributed by atoms with van der Waals surface area (Å²) in [6.07, 6.45) is 5.55. The third-order valence-corrected chi connectivity index (χ3v) is 6.64. The van der Waals surface area contributed by atoms with E-state index >= 15 is 0 Å². The van der Waals surface area contributed by atoms with Crippen molar-refractivity contribution in [2.75, 3.05) is 50.8 Å². The number of piperazine rings is 1. The monoisotopic (exact) mass is 487 g/mol. The number of aryl methyl sites for hydroxylation is 1. The number of fused-ring (bicyclic) bond motifs is 1. The van der Waals surface area contributed by atoms with Crippen molar-refractivity contribution in [2.45, 2.75) is 19.9 Å². The number of nitrogens with one attached hydrogen (secondary N) is 2. The Morgan fingerprint density at radius 1 is 1.25 bits per heavy atom. The number of nitriles is 1. The van der Waals surface area contributed by atoms with Crippen molar-refractivity contribution < 1.29 is 9.53 Å². The Balaban J connectivity index is 1.35. The lowest BCUT2D eigenvalue weighted by atomic mass is 10.1. The quantitative estimate of drug-likeness (QED) is 0.249. The molecule has 0 bridgehead atoms. The van der Waals surface area contributed by atoms with Crippen LogP contribution in [0.15, 0.2) is 41.8 Å². The van der Waals surface area contributed by atoms with E-state index in [-0.39, 0.29) is 11.9 Å². The van der Waals surface area contributed by atoms with Crippen molar-refractivity contribution in [1.82, 2.24) is 30.1 Å². The molecule has 1 unspecified atom stereocenters. The number of amides is 1. The third kappa shape index (κ3) is 4.67. The molecule has 1 atom stereocenters. The molecule has 2 aromatic heterocycles. The van der Waals surface area contributed by atoms with E-state index in [2.05, 4.69) is 37.0 Å². The SMILES string of the molecule is Cc1c[nH]c2ncnc(N3CCN(C(=Nc4cccc(C(=O)N5CCOCC5)c4)NC#N)C(C)C3)c12. The van der Waals surface area contributed by atoms with Gasteiger partial charge in [-0.25, -0.2) is 15.0 Å². The van der Waals surface area contributed by atoms with Gasteiger partial charge in [-0.15, -0.1) is 0 Å². The first kappa shape index (κ1) is 23.6. The molecule has 0 saturated carbocycles. The molecule has 0 radical (unpaired) electrons. The van der Waals surface area contributed by atoms with Gasteiger partial charge in [0.05, 0.1) is 24.3 Å². The van der Waals surface area contributed by atoms with Crippen LogP contribution in [0.3, 0.4) is 0 Å². The van der Waals surface area contributed by atoms with Crippen LogP contribution in [-0.4, -0.2) is 88.6 Å². The summed E-state index contributed by atoms with van der Waals surface area (Å²) in [5.74, 6) is 1.33. The standard InChI is InChI=1S/C25H29N9O2/c1-17-13-27-22-21(17)23(30-16-29-22)33-6-7-34(18(2)14-33)25(28-15-26)31-20-5-3-4-19(12-20)24(35)32-8-10-36-11-9-32/h3-5,12-13,16,18H,6-11,14H2,1-2H3,(H,28,31)(H,27,29,30). The van der Waals surface area contributed by atoms with Crippen LogP contribution in [0, 0.1) is 18.4 Å². The van der Waals surface area contributed by atoms with Crippen molar-refractivity contribution in [1.29, 1.82) is 5.26 Å². The van der Waals surface area contributed by atoms with Gasteiger partial charge in [0, 0.05) is 50.5 Å². The molecule has 2 aliphatic rings. The van der Waals surface area contributed by atoms with Gasteiger partial charge in [-0.2, -0.15) is 5.26 Å². The van der Waals surface area contributed by atoms with E-state index in [0.29, 0.717) is 63.1 Å². The predicted octanol–water partition coefficient (Wildman–Crippen LogP) is 2.01. The summed E-state index contributed by atoms with van der Waals surface area (Å²) >= 11 is 0. The third-order valence-electron chi connectivity index (χ3n) is 6.64. The number of nitrogens with zero attached hydrogens (tertiary/aromatic N) is 7. The molecule has 0 aliphatic carbocycles. The molecule has 2 aliphatic heterocycles. The molecule has 2 N–H and O–H groups in total. The maximum atomic E-state index is 12.9. The zero-order valence-electron chi connectivity index (χ0n) is 20.4. The van der Waals surface area contributed by atoms with Gasteiger partial charge in [0.1, 0.15) is 17.8 Å². The fourth-order valence-electron chi connectivity index (χ4n) is 4.80. The minimum atomic E-state index is -0.0386. The highest BCUT2D eigenvalue weighted by Crippen LogP contribution is 2.28. The second kappa shape index (κ2) is 10.2. The molecule has 5 rings (SSSR count). The average molecular weight is 488 g/mol. The highest BCUT2D eigenvalue weighted by molar-refractivity contribution is 5.95. The molecular weight excluding hydrogens is 458 g/mol. The second-order valence-corrected chi connectivity index (χ2v) is 9.01. The van der Waals surface area contributed by atoms with E-state index in [1.807, 2.05) is 31.4 Å². The summed E-state index contributed by atoms with van der Waals surface area (Å²) in [4.78, 5) is 35.9. The minimum absolute atomic E-state index is 0.0386. The second-order valence-electron chi connectivity index (χ2n) is 9.01. The first-order chi connectivity index (χ1) is 17.5. The highest BCUT2D eigenvalue weighted by Gasteiger charge is 2.29. The fraction of sp³-hybridized carbons (Fsp3) is 0.400. The highest BCUT2D eigenvalue weighted by atomic mass is 16.5. The molecule has 186 valence electrons. The van der Waals surface area contributed by atoms with Gasteiger partial charge in [0.25, 0.3) is 5.91 Å². The Kier molecular flexibility index (Phi) is 6.69. The van der Waals surface area contributed by atoms with E-state index < -0.39 is 0 Å². The number of rotatable bonds is 3. The van der Waals surface area contributed by atoms with Crippen molar-refractivity contribution in [3.05, 3.63) is 47.9 Å². The number of aliphatic imine (C=N–C) groups is 1. The molecule has 1 amide bonds. The molecular formula is C25H29N9O2. The van der Waals surface area contributed by atoms with Crippen LogP contribution < -0.4 is 10.2 Å². The molecule has 4 heterocycles. The lowest BCUT2D eigenvalue weighted by Crippen LogP contribution is -2.56. The number of anilines is 1. The lowest BCUT2D eigenvalue weighted by Gasteiger charge is -2.41. The number of aromatic nitrogens is 3. The van der Waals surface area contributed by atoms with Crippen LogP contribution in [0.25, 0.3) is 11.0 Å². The maximum absolute atomic E-state index is 12.9. The molecule has 1 aromatic carbocycles. The number of benzene rings is 1. The number of aromatic amines is 1. The van der Waals surface area contributed by atoms with Crippen LogP contribution in [0.1, 0.15) is 22.8 Å². The zero-order valence-corrected chi connectivity index (χ0v) is 20.4. The number of ether oxygens (including phenoxy) is 1. The van der Waals surface area contributed by atoms with Crippen LogP contribution in [0.2, 0.25) is 0 Å². The smallest absolute Gasteiger partial charge is 0.254 e.